The summed E-state index contributed by atoms with van der Waals surface area (Å²) in [5, 5.41) is 7.36. The molecule has 2 atom stereocenters. The van der Waals surface area contributed by atoms with E-state index in [0.717, 1.165) is 16.8 Å². The minimum absolute atomic E-state index is 0.0582. The van der Waals surface area contributed by atoms with Crippen molar-refractivity contribution in [2.24, 2.45) is 0 Å². The van der Waals surface area contributed by atoms with Crippen LogP contribution in [-0.2, 0) is 10.2 Å². The Morgan fingerprint density at radius 1 is 1.17 bits per heavy atom. The zero-order chi connectivity index (χ0) is 20.9. The molecule has 2 aliphatic rings. The Hall–Kier alpha value is -3.48. The molecule has 0 radical (unpaired) electrons. The fraction of sp³-hybridized carbons (Fsp3) is 0.304. The maximum atomic E-state index is 13.7. The monoisotopic (exact) mass is 401 g/mol. The van der Waals surface area contributed by atoms with Gasteiger partial charge < -0.3 is 10.2 Å². The lowest BCUT2D eigenvalue weighted by atomic mass is 9.73. The fourth-order valence-electron chi connectivity index (χ4n) is 4.95. The Morgan fingerprint density at radius 2 is 2.00 bits per heavy atom. The highest BCUT2D eigenvalue weighted by Crippen LogP contribution is 2.54. The Labute approximate surface area is 174 Å². The molecule has 1 aromatic carbocycles. The maximum Gasteiger partial charge on any atom is 0.272 e. The van der Waals surface area contributed by atoms with Crippen LogP contribution < -0.4 is 5.32 Å². The van der Waals surface area contributed by atoms with Crippen molar-refractivity contribution in [3.8, 4) is 0 Å². The van der Waals surface area contributed by atoms with Crippen molar-refractivity contribution >= 4 is 17.5 Å². The second-order valence-electron chi connectivity index (χ2n) is 8.16. The van der Waals surface area contributed by atoms with Gasteiger partial charge in [0, 0.05) is 36.9 Å². The van der Waals surface area contributed by atoms with Crippen molar-refractivity contribution in [1.29, 1.82) is 0 Å². The van der Waals surface area contributed by atoms with Gasteiger partial charge in [0.1, 0.15) is 11.1 Å². The molecule has 30 heavy (non-hydrogen) atoms. The number of pyridine rings is 1. The number of aromatic nitrogens is 3. The first kappa shape index (κ1) is 18.5. The number of benzene rings is 1. The molecule has 0 aliphatic carbocycles. The van der Waals surface area contributed by atoms with E-state index in [0.29, 0.717) is 18.7 Å². The van der Waals surface area contributed by atoms with E-state index < -0.39 is 11.5 Å². The van der Waals surface area contributed by atoms with Crippen molar-refractivity contribution in [1.82, 2.24) is 19.7 Å². The molecule has 3 aromatic rings. The van der Waals surface area contributed by atoms with Crippen molar-refractivity contribution in [3.63, 3.8) is 0 Å². The third kappa shape index (κ3) is 2.51. The average Bonchev–Trinajstić information content (AvgIpc) is 3.46. The number of nitrogens with one attached hydrogen (secondary N) is 1. The molecule has 2 aromatic heterocycles. The normalized spacial score (nSPS) is 22.6. The molecule has 1 saturated heterocycles. The third-order valence-electron chi connectivity index (χ3n) is 6.23. The van der Waals surface area contributed by atoms with Crippen LogP contribution in [0.3, 0.4) is 0 Å². The van der Waals surface area contributed by atoms with Crippen LogP contribution in [0.4, 0.5) is 5.69 Å². The molecule has 5 rings (SSSR count). The van der Waals surface area contributed by atoms with Gasteiger partial charge >= 0.3 is 0 Å². The predicted octanol–water partition coefficient (Wildman–Crippen LogP) is 3.34. The van der Waals surface area contributed by atoms with E-state index in [2.05, 4.69) is 15.4 Å². The number of likely N-dealkylation sites (tertiary alicyclic amines) is 1. The van der Waals surface area contributed by atoms with Crippen molar-refractivity contribution in [3.05, 3.63) is 77.9 Å². The summed E-state index contributed by atoms with van der Waals surface area (Å²) in [5.41, 5.74) is 2.31. The van der Waals surface area contributed by atoms with Crippen molar-refractivity contribution in [2.45, 2.75) is 37.8 Å². The fourth-order valence-corrected chi connectivity index (χ4v) is 4.95. The second kappa shape index (κ2) is 6.79. The topological polar surface area (TPSA) is 80.1 Å². The SMILES string of the molecule is CC(C)n1nccc1C(=O)N1CCC2(C(=O)Nc3ccccc32)C1c1cccnc1. The smallest absolute Gasteiger partial charge is 0.272 e. The van der Waals surface area contributed by atoms with Crippen LogP contribution in [0.15, 0.2) is 61.1 Å². The number of para-hydroxylation sites is 1. The largest absolute Gasteiger partial charge is 0.329 e. The van der Waals surface area contributed by atoms with Gasteiger partial charge in [-0.1, -0.05) is 24.3 Å². The van der Waals surface area contributed by atoms with Gasteiger partial charge in [0.15, 0.2) is 0 Å². The van der Waals surface area contributed by atoms with Gasteiger partial charge in [-0.25, -0.2) is 0 Å². The number of nitrogens with zero attached hydrogens (tertiary/aromatic N) is 4. The zero-order valence-corrected chi connectivity index (χ0v) is 16.9. The summed E-state index contributed by atoms with van der Waals surface area (Å²) >= 11 is 0. The molecule has 1 spiro atoms. The lowest BCUT2D eigenvalue weighted by Crippen LogP contribution is -2.43. The Morgan fingerprint density at radius 3 is 2.77 bits per heavy atom. The van der Waals surface area contributed by atoms with E-state index in [1.54, 1.807) is 29.3 Å². The van der Waals surface area contributed by atoms with E-state index in [1.165, 1.54) is 0 Å². The summed E-state index contributed by atoms with van der Waals surface area (Å²) in [6.07, 6.45) is 5.66. The highest BCUT2D eigenvalue weighted by Gasteiger charge is 2.59. The molecule has 1 fully saturated rings. The van der Waals surface area contributed by atoms with E-state index >= 15 is 0 Å². The summed E-state index contributed by atoms with van der Waals surface area (Å²) in [6.45, 7) is 4.46. The zero-order valence-electron chi connectivity index (χ0n) is 16.9. The molecule has 152 valence electrons. The number of anilines is 1. The molecular formula is C23H23N5O2. The number of carbonyl (C=O) groups is 2. The standard InChI is InChI=1S/C23H23N5O2/c1-15(2)28-19(9-12-25-28)21(29)27-13-10-23(20(27)16-6-5-11-24-14-16)17-7-3-4-8-18(17)26-22(23)30/h3-9,11-12,14-15,20H,10,13H2,1-2H3,(H,26,30). The van der Waals surface area contributed by atoms with Gasteiger partial charge in [0.2, 0.25) is 5.91 Å². The molecular weight excluding hydrogens is 378 g/mol. The molecule has 0 saturated carbocycles. The first-order chi connectivity index (χ1) is 14.5. The lowest BCUT2D eigenvalue weighted by Gasteiger charge is -2.34. The van der Waals surface area contributed by atoms with E-state index in [-0.39, 0.29) is 17.9 Å². The van der Waals surface area contributed by atoms with Gasteiger partial charge in [0.25, 0.3) is 5.91 Å². The predicted molar refractivity (Wildman–Crippen MR) is 112 cm³/mol. The van der Waals surface area contributed by atoms with Crippen LogP contribution >= 0.6 is 0 Å². The maximum absolute atomic E-state index is 13.7. The Kier molecular flexibility index (Phi) is 4.20. The summed E-state index contributed by atoms with van der Waals surface area (Å²) in [7, 11) is 0. The minimum Gasteiger partial charge on any atom is -0.329 e. The first-order valence-corrected chi connectivity index (χ1v) is 10.2. The van der Waals surface area contributed by atoms with Crippen molar-refractivity contribution < 1.29 is 9.59 Å². The van der Waals surface area contributed by atoms with Crippen LogP contribution in [0.1, 0.15) is 54.0 Å². The molecule has 1 N–H and O–H groups in total. The molecule has 4 heterocycles. The van der Waals surface area contributed by atoms with Crippen LogP contribution in [0.2, 0.25) is 0 Å². The van der Waals surface area contributed by atoms with Crippen molar-refractivity contribution in [2.75, 3.05) is 11.9 Å². The second-order valence-corrected chi connectivity index (χ2v) is 8.16. The van der Waals surface area contributed by atoms with Gasteiger partial charge in [-0.2, -0.15) is 5.10 Å². The summed E-state index contributed by atoms with van der Waals surface area (Å²) in [6, 6.07) is 12.9. The van der Waals surface area contributed by atoms with Gasteiger partial charge in [-0.3, -0.25) is 19.3 Å². The third-order valence-corrected chi connectivity index (χ3v) is 6.23. The Balaban J connectivity index is 1.66. The summed E-state index contributed by atoms with van der Waals surface area (Å²) in [5.74, 6) is -0.186. The molecule has 0 bridgehead atoms. The molecule has 2 amide bonds. The van der Waals surface area contributed by atoms with Crippen LogP contribution in [0.5, 0.6) is 0 Å². The number of hydrogen-bond donors (Lipinski definition) is 1. The number of amides is 2. The summed E-state index contributed by atoms with van der Waals surface area (Å²) < 4.78 is 1.73. The van der Waals surface area contributed by atoms with Gasteiger partial charge in [-0.05, 0) is 49.6 Å². The Bertz CT molecular complexity index is 1120. The van der Waals surface area contributed by atoms with E-state index in [9.17, 15) is 9.59 Å². The highest BCUT2D eigenvalue weighted by atomic mass is 16.2. The van der Waals surface area contributed by atoms with Crippen LogP contribution in [0, 0.1) is 0 Å². The number of rotatable bonds is 3. The molecule has 2 aliphatic heterocycles. The summed E-state index contributed by atoms with van der Waals surface area (Å²) in [4.78, 5) is 33.2. The molecule has 7 heteroatoms. The van der Waals surface area contributed by atoms with Crippen LogP contribution in [-0.4, -0.2) is 38.0 Å². The minimum atomic E-state index is -0.835. The molecule has 7 nitrogen and oxygen atoms in total. The number of hydrogen-bond acceptors (Lipinski definition) is 4. The van der Waals surface area contributed by atoms with Gasteiger partial charge in [-0.15, -0.1) is 0 Å². The molecule has 2 unspecified atom stereocenters. The lowest BCUT2D eigenvalue weighted by molar-refractivity contribution is -0.121. The quantitative estimate of drug-likeness (QED) is 0.730. The van der Waals surface area contributed by atoms with Crippen LogP contribution in [0.25, 0.3) is 0 Å². The van der Waals surface area contributed by atoms with Gasteiger partial charge in [0.05, 0.1) is 6.04 Å². The highest BCUT2D eigenvalue weighted by molar-refractivity contribution is 6.08. The van der Waals surface area contributed by atoms with E-state index in [4.69, 9.17) is 0 Å². The first-order valence-electron chi connectivity index (χ1n) is 10.2. The average molecular weight is 401 g/mol. The van der Waals surface area contributed by atoms with E-state index in [1.807, 2.05) is 55.1 Å². The number of fused-ring (bicyclic) bond motifs is 2. The number of carbonyl (C=O) groups excluding carboxylic acids is 2.